The number of rotatable bonds is 1. The standard InChI is InChI=1S/C13H23NO4/c1-12(2,3)18-11(16)14-9-4-5-10(14)7-13(17,6-9)8-15/h9-10,15,17H,4-8H2,1-3H3/t9-,10+,13?. The molecule has 0 aromatic rings. The molecule has 2 aliphatic rings. The van der Waals surface area contributed by atoms with E-state index in [1.165, 1.54) is 0 Å². The highest BCUT2D eigenvalue weighted by molar-refractivity contribution is 5.69. The van der Waals surface area contributed by atoms with Gasteiger partial charge in [0.25, 0.3) is 0 Å². The fourth-order valence-electron chi connectivity index (χ4n) is 3.06. The summed E-state index contributed by atoms with van der Waals surface area (Å²) in [5.41, 5.74) is -1.52. The second-order valence-corrected chi connectivity index (χ2v) is 6.56. The molecule has 2 aliphatic heterocycles. The van der Waals surface area contributed by atoms with E-state index in [2.05, 4.69) is 0 Å². The average molecular weight is 257 g/mol. The van der Waals surface area contributed by atoms with Crippen LogP contribution in [0.25, 0.3) is 0 Å². The summed E-state index contributed by atoms with van der Waals surface area (Å²) >= 11 is 0. The van der Waals surface area contributed by atoms with E-state index in [4.69, 9.17) is 4.74 Å². The molecule has 5 nitrogen and oxygen atoms in total. The van der Waals surface area contributed by atoms with Gasteiger partial charge in [0.1, 0.15) is 5.60 Å². The van der Waals surface area contributed by atoms with E-state index < -0.39 is 11.2 Å². The molecule has 104 valence electrons. The minimum absolute atomic E-state index is 0.00394. The number of ether oxygens (including phenoxy) is 1. The Bertz CT molecular complexity index is 322. The van der Waals surface area contributed by atoms with E-state index >= 15 is 0 Å². The van der Waals surface area contributed by atoms with Crippen LogP contribution in [-0.2, 0) is 4.74 Å². The Morgan fingerprint density at radius 2 is 1.83 bits per heavy atom. The highest BCUT2D eigenvalue weighted by atomic mass is 16.6. The molecule has 1 unspecified atom stereocenters. The lowest BCUT2D eigenvalue weighted by Gasteiger charge is -2.43. The zero-order valence-corrected chi connectivity index (χ0v) is 11.3. The molecule has 3 atom stereocenters. The third-order valence-corrected chi connectivity index (χ3v) is 3.75. The van der Waals surface area contributed by atoms with Crippen molar-refractivity contribution in [1.29, 1.82) is 0 Å². The molecule has 0 radical (unpaired) electrons. The second kappa shape index (κ2) is 4.38. The number of piperidine rings is 1. The number of carbonyl (C=O) groups excluding carboxylic acids is 1. The fourth-order valence-corrected chi connectivity index (χ4v) is 3.06. The number of hydrogen-bond donors (Lipinski definition) is 2. The van der Waals surface area contributed by atoms with Crippen molar-refractivity contribution >= 4 is 6.09 Å². The van der Waals surface area contributed by atoms with Crippen molar-refractivity contribution in [3.63, 3.8) is 0 Å². The van der Waals surface area contributed by atoms with Crippen molar-refractivity contribution in [3.8, 4) is 0 Å². The van der Waals surface area contributed by atoms with Gasteiger partial charge in [0, 0.05) is 12.1 Å². The lowest BCUT2D eigenvalue weighted by Crippen LogP contribution is -2.55. The molecule has 2 bridgehead atoms. The SMILES string of the molecule is CC(C)(C)OC(=O)N1[C@@H]2CC[C@H]1CC(O)(CO)C2. The van der Waals surface area contributed by atoms with E-state index in [9.17, 15) is 15.0 Å². The van der Waals surface area contributed by atoms with E-state index in [1.807, 2.05) is 20.8 Å². The van der Waals surface area contributed by atoms with E-state index in [0.29, 0.717) is 12.8 Å². The number of fused-ring (bicyclic) bond motifs is 2. The first-order chi connectivity index (χ1) is 8.24. The molecule has 0 saturated carbocycles. The van der Waals surface area contributed by atoms with Gasteiger partial charge in [-0.2, -0.15) is 0 Å². The molecule has 5 heteroatoms. The maximum atomic E-state index is 12.1. The summed E-state index contributed by atoms with van der Waals surface area (Å²) in [5.74, 6) is 0. The predicted octanol–water partition coefficient (Wildman–Crippen LogP) is 1.27. The number of amides is 1. The Morgan fingerprint density at radius 3 is 2.22 bits per heavy atom. The maximum absolute atomic E-state index is 12.1. The molecule has 0 aromatic carbocycles. The van der Waals surface area contributed by atoms with Crippen molar-refractivity contribution < 1.29 is 19.7 Å². The highest BCUT2D eigenvalue weighted by Crippen LogP contribution is 2.41. The quantitative estimate of drug-likeness (QED) is 0.742. The van der Waals surface area contributed by atoms with Crippen molar-refractivity contribution in [1.82, 2.24) is 4.90 Å². The van der Waals surface area contributed by atoms with Crippen LogP contribution in [0.2, 0.25) is 0 Å². The average Bonchev–Trinajstić information content (AvgIpc) is 2.50. The van der Waals surface area contributed by atoms with Crippen LogP contribution in [0.3, 0.4) is 0 Å². The molecular weight excluding hydrogens is 234 g/mol. The number of hydrogen-bond acceptors (Lipinski definition) is 4. The van der Waals surface area contributed by atoms with E-state index in [1.54, 1.807) is 4.90 Å². The zero-order valence-electron chi connectivity index (χ0n) is 11.3. The molecule has 0 aliphatic carbocycles. The molecule has 18 heavy (non-hydrogen) atoms. The van der Waals surface area contributed by atoms with Crippen molar-refractivity contribution in [2.75, 3.05) is 6.61 Å². The van der Waals surface area contributed by atoms with Crippen LogP contribution < -0.4 is 0 Å². The van der Waals surface area contributed by atoms with Gasteiger partial charge < -0.3 is 19.8 Å². The Balaban J connectivity index is 2.07. The van der Waals surface area contributed by atoms with Gasteiger partial charge in [-0.1, -0.05) is 0 Å². The predicted molar refractivity (Wildman–Crippen MR) is 66.2 cm³/mol. The fraction of sp³-hybridized carbons (Fsp3) is 0.923. The third-order valence-electron chi connectivity index (χ3n) is 3.75. The highest BCUT2D eigenvalue weighted by Gasteiger charge is 2.50. The summed E-state index contributed by atoms with van der Waals surface area (Å²) in [6.45, 7) is 5.31. The normalized spacial score (nSPS) is 35.7. The minimum atomic E-state index is -1.02. The molecule has 2 N–H and O–H groups in total. The van der Waals surface area contributed by atoms with E-state index in [0.717, 1.165) is 12.8 Å². The summed E-state index contributed by atoms with van der Waals surface area (Å²) in [6, 6.07) is -0.00787. The van der Waals surface area contributed by atoms with Crippen LogP contribution >= 0.6 is 0 Å². The first-order valence-corrected chi connectivity index (χ1v) is 6.59. The van der Waals surface area contributed by atoms with Crippen LogP contribution in [0.1, 0.15) is 46.5 Å². The topological polar surface area (TPSA) is 70.0 Å². The van der Waals surface area contributed by atoms with Gasteiger partial charge in [-0.05, 0) is 46.5 Å². The van der Waals surface area contributed by atoms with Gasteiger partial charge in [-0.25, -0.2) is 4.79 Å². The summed E-state index contributed by atoms with van der Waals surface area (Å²) in [7, 11) is 0. The number of aliphatic hydroxyl groups excluding tert-OH is 1. The zero-order chi connectivity index (χ0) is 13.6. The van der Waals surface area contributed by atoms with Crippen molar-refractivity contribution in [2.45, 2.75) is 69.7 Å². The Labute approximate surface area is 108 Å². The number of aliphatic hydroxyl groups is 2. The van der Waals surface area contributed by atoms with Crippen LogP contribution in [0, 0.1) is 0 Å². The molecular formula is C13H23NO4. The van der Waals surface area contributed by atoms with Gasteiger partial charge in [0.05, 0.1) is 12.2 Å². The summed E-state index contributed by atoms with van der Waals surface area (Å²) in [5, 5.41) is 19.4. The molecule has 0 aromatic heterocycles. The molecule has 2 saturated heterocycles. The molecule has 0 spiro atoms. The smallest absolute Gasteiger partial charge is 0.410 e. The third kappa shape index (κ3) is 2.62. The van der Waals surface area contributed by atoms with Gasteiger partial charge in [0.15, 0.2) is 0 Å². The van der Waals surface area contributed by atoms with Crippen LogP contribution in [0.15, 0.2) is 0 Å². The second-order valence-electron chi connectivity index (χ2n) is 6.56. The van der Waals surface area contributed by atoms with Crippen molar-refractivity contribution in [2.24, 2.45) is 0 Å². The van der Waals surface area contributed by atoms with Crippen LogP contribution in [0.5, 0.6) is 0 Å². The summed E-state index contributed by atoms with van der Waals surface area (Å²) in [6.07, 6.45) is 2.35. The lowest BCUT2D eigenvalue weighted by molar-refractivity contribution is -0.0842. The summed E-state index contributed by atoms with van der Waals surface area (Å²) in [4.78, 5) is 13.9. The molecule has 2 heterocycles. The first kappa shape index (κ1) is 13.6. The Hall–Kier alpha value is -0.810. The summed E-state index contributed by atoms with van der Waals surface area (Å²) < 4.78 is 5.40. The van der Waals surface area contributed by atoms with Crippen molar-refractivity contribution in [3.05, 3.63) is 0 Å². The van der Waals surface area contributed by atoms with Gasteiger partial charge in [-0.3, -0.25) is 0 Å². The minimum Gasteiger partial charge on any atom is -0.444 e. The molecule has 2 rings (SSSR count). The Kier molecular flexibility index (Phi) is 3.32. The first-order valence-electron chi connectivity index (χ1n) is 6.59. The van der Waals surface area contributed by atoms with E-state index in [-0.39, 0.29) is 24.8 Å². The largest absolute Gasteiger partial charge is 0.444 e. The van der Waals surface area contributed by atoms with Gasteiger partial charge >= 0.3 is 6.09 Å². The van der Waals surface area contributed by atoms with Crippen LogP contribution in [0.4, 0.5) is 4.79 Å². The molecule has 1 amide bonds. The molecule has 2 fully saturated rings. The van der Waals surface area contributed by atoms with Gasteiger partial charge in [0.2, 0.25) is 0 Å². The monoisotopic (exact) mass is 257 g/mol. The van der Waals surface area contributed by atoms with Gasteiger partial charge in [-0.15, -0.1) is 0 Å². The number of nitrogens with zero attached hydrogens (tertiary/aromatic N) is 1. The Morgan fingerprint density at radius 1 is 1.33 bits per heavy atom. The maximum Gasteiger partial charge on any atom is 0.410 e. The lowest BCUT2D eigenvalue weighted by atomic mass is 9.87. The van der Waals surface area contributed by atoms with Crippen LogP contribution in [-0.4, -0.2) is 51.1 Å². The number of carbonyl (C=O) groups is 1.